The van der Waals surface area contributed by atoms with E-state index in [0.717, 1.165) is 32.1 Å². The van der Waals surface area contributed by atoms with Crippen LogP contribution in [0.5, 0.6) is 0 Å². The van der Waals surface area contributed by atoms with E-state index in [1.165, 1.54) is 5.56 Å². The summed E-state index contributed by atoms with van der Waals surface area (Å²) in [6, 6.07) is 10.4. The molecule has 0 fully saturated rings. The molecule has 1 unspecified atom stereocenters. The van der Waals surface area contributed by atoms with Crippen LogP contribution in [0.2, 0.25) is 0 Å². The summed E-state index contributed by atoms with van der Waals surface area (Å²) in [6.45, 7) is 11.0. The van der Waals surface area contributed by atoms with Crippen LogP contribution >= 0.6 is 0 Å². The molecule has 28 heavy (non-hydrogen) atoms. The first-order valence-corrected chi connectivity index (χ1v) is 10.7. The molecule has 0 spiro atoms. The van der Waals surface area contributed by atoms with Crippen LogP contribution in [0.25, 0.3) is 0 Å². The van der Waals surface area contributed by atoms with Crippen LogP contribution in [0.3, 0.4) is 0 Å². The molecule has 0 N–H and O–H groups in total. The summed E-state index contributed by atoms with van der Waals surface area (Å²) in [5.74, 6) is 0. The van der Waals surface area contributed by atoms with Gasteiger partial charge in [-0.05, 0) is 65.9 Å². The minimum Gasteiger partial charge on any atom is -0.374 e. The standard InChI is InChI=1S/C25H40O3/c1-21(2)27-25(28-22(3)4)19-15-10-8-6-7-9-12-16-23(5)26-20-24-17-13-11-14-18-24/h6-7,10-11,13-15,17-18,21-23,25H,8-9,12,16,19-20H2,1-5H3. The second-order valence-electron chi connectivity index (χ2n) is 7.75. The summed E-state index contributed by atoms with van der Waals surface area (Å²) in [4.78, 5) is 0. The Morgan fingerprint density at radius 3 is 2.11 bits per heavy atom. The lowest BCUT2D eigenvalue weighted by molar-refractivity contribution is -0.178. The number of hydrogen-bond donors (Lipinski definition) is 0. The Morgan fingerprint density at radius 1 is 0.821 bits per heavy atom. The average molecular weight is 389 g/mol. The molecule has 0 aliphatic heterocycles. The lowest BCUT2D eigenvalue weighted by Crippen LogP contribution is -2.23. The largest absolute Gasteiger partial charge is 0.374 e. The van der Waals surface area contributed by atoms with Crippen molar-refractivity contribution in [2.24, 2.45) is 0 Å². The molecule has 1 atom stereocenters. The lowest BCUT2D eigenvalue weighted by atomic mass is 10.1. The number of ether oxygens (including phenoxy) is 3. The molecule has 158 valence electrons. The van der Waals surface area contributed by atoms with Gasteiger partial charge in [0.1, 0.15) is 0 Å². The van der Waals surface area contributed by atoms with Gasteiger partial charge in [-0.3, -0.25) is 0 Å². The van der Waals surface area contributed by atoms with Crippen molar-refractivity contribution in [2.75, 3.05) is 0 Å². The van der Waals surface area contributed by atoms with Crippen molar-refractivity contribution >= 4 is 0 Å². The number of unbranched alkanes of at least 4 members (excludes halogenated alkanes) is 1. The van der Waals surface area contributed by atoms with E-state index < -0.39 is 0 Å². The fourth-order valence-electron chi connectivity index (χ4n) is 2.77. The van der Waals surface area contributed by atoms with Gasteiger partial charge in [0.15, 0.2) is 6.29 Å². The van der Waals surface area contributed by atoms with E-state index in [1.54, 1.807) is 0 Å². The van der Waals surface area contributed by atoms with Crippen LogP contribution in [0, 0.1) is 0 Å². The minimum absolute atomic E-state index is 0.155. The van der Waals surface area contributed by atoms with Crippen LogP contribution in [-0.2, 0) is 20.8 Å². The normalized spacial score (nSPS) is 13.6. The van der Waals surface area contributed by atoms with Gasteiger partial charge in [-0.15, -0.1) is 0 Å². The van der Waals surface area contributed by atoms with E-state index in [-0.39, 0.29) is 18.5 Å². The van der Waals surface area contributed by atoms with E-state index >= 15 is 0 Å². The molecule has 3 heteroatoms. The second-order valence-corrected chi connectivity index (χ2v) is 7.75. The maximum absolute atomic E-state index is 5.91. The first-order valence-electron chi connectivity index (χ1n) is 10.7. The molecule has 0 amide bonds. The van der Waals surface area contributed by atoms with Gasteiger partial charge in [0.2, 0.25) is 0 Å². The molecule has 0 aliphatic rings. The predicted molar refractivity (Wildman–Crippen MR) is 118 cm³/mol. The van der Waals surface area contributed by atoms with E-state index in [9.17, 15) is 0 Å². The zero-order valence-corrected chi connectivity index (χ0v) is 18.5. The predicted octanol–water partition coefficient (Wildman–Crippen LogP) is 6.83. The Balaban J connectivity index is 2.09. The highest BCUT2D eigenvalue weighted by Gasteiger charge is 2.11. The van der Waals surface area contributed by atoms with Crippen molar-refractivity contribution in [3.63, 3.8) is 0 Å². The number of hydrogen-bond acceptors (Lipinski definition) is 3. The average Bonchev–Trinajstić information content (AvgIpc) is 2.64. The molecular weight excluding hydrogens is 348 g/mol. The lowest BCUT2D eigenvalue weighted by Gasteiger charge is -2.21. The van der Waals surface area contributed by atoms with Gasteiger partial charge in [0, 0.05) is 6.42 Å². The molecular formula is C25H40O3. The van der Waals surface area contributed by atoms with Crippen LogP contribution in [0.15, 0.2) is 54.6 Å². The quantitative estimate of drug-likeness (QED) is 0.187. The Bertz CT molecular complexity index is 524. The zero-order valence-electron chi connectivity index (χ0n) is 18.5. The summed E-state index contributed by atoms with van der Waals surface area (Å²) in [5.41, 5.74) is 1.24. The number of benzene rings is 1. The molecule has 0 aromatic heterocycles. The van der Waals surface area contributed by atoms with Gasteiger partial charge < -0.3 is 14.2 Å². The molecule has 0 saturated carbocycles. The van der Waals surface area contributed by atoms with Gasteiger partial charge in [0.05, 0.1) is 24.9 Å². The molecule has 1 aromatic rings. The summed E-state index contributed by atoms with van der Waals surface area (Å²) < 4.78 is 17.5. The van der Waals surface area contributed by atoms with Gasteiger partial charge in [-0.1, -0.05) is 54.6 Å². The van der Waals surface area contributed by atoms with Crippen molar-refractivity contribution < 1.29 is 14.2 Å². The first-order chi connectivity index (χ1) is 13.5. The number of rotatable bonds is 15. The third kappa shape index (κ3) is 13.7. The highest BCUT2D eigenvalue weighted by molar-refractivity contribution is 5.13. The van der Waals surface area contributed by atoms with Crippen molar-refractivity contribution in [1.82, 2.24) is 0 Å². The molecule has 0 aliphatic carbocycles. The van der Waals surface area contributed by atoms with Gasteiger partial charge in [-0.25, -0.2) is 0 Å². The van der Waals surface area contributed by atoms with Crippen molar-refractivity contribution in [2.45, 2.75) is 97.9 Å². The maximum atomic E-state index is 5.91. The topological polar surface area (TPSA) is 27.7 Å². The van der Waals surface area contributed by atoms with Crippen molar-refractivity contribution in [3.05, 3.63) is 60.2 Å². The smallest absolute Gasteiger partial charge is 0.161 e. The first kappa shape index (κ1) is 24.6. The highest BCUT2D eigenvalue weighted by Crippen LogP contribution is 2.10. The summed E-state index contributed by atoms with van der Waals surface area (Å²) >= 11 is 0. The van der Waals surface area contributed by atoms with Gasteiger partial charge >= 0.3 is 0 Å². The van der Waals surface area contributed by atoms with Crippen molar-refractivity contribution in [3.8, 4) is 0 Å². The van der Waals surface area contributed by atoms with Crippen LogP contribution in [0.4, 0.5) is 0 Å². The third-order valence-corrected chi connectivity index (χ3v) is 4.14. The van der Waals surface area contributed by atoms with E-state index in [4.69, 9.17) is 14.2 Å². The molecule has 0 radical (unpaired) electrons. The fraction of sp³-hybridized carbons (Fsp3) is 0.600. The molecule has 0 heterocycles. The summed E-state index contributed by atoms with van der Waals surface area (Å²) in [5, 5.41) is 0. The summed E-state index contributed by atoms with van der Waals surface area (Å²) in [6.07, 6.45) is 14.4. The van der Waals surface area contributed by atoms with Gasteiger partial charge in [0.25, 0.3) is 0 Å². The van der Waals surface area contributed by atoms with Crippen LogP contribution in [-0.4, -0.2) is 24.6 Å². The third-order valence-electron chi connectivity index (χ3n) is 4.14. The minimum atomic E-state index is -0.155. The van der Waals surface area contributed by atoms with E-state index in [2.05, 4.69) is 55.5 Å². The molecule has 0 saturated heterocycles. The zero-order chi connectivity index (χ0) is 20.6. The number of allylic oxidation sites excluding steroid dienone is 3. The van der Waals surface area contributed by atoms with Crippen LogP contribution < -0.4 is 0 Å². The second kappa shape index (κ2) is 15.5. The molecule has 1 aromatic carbocycles. The summed E-state index contributed by atoms with van der Waals surface area (Å²) in [7, 11) is 0. The fourth-order valence-corrected chi connectivity index (χ4v) is 2.77. The maximum Gasteiger partial charge on any atom is 0.161 e. The Labute approximate surface area is 172 Å². The van der Waals surface area contributed by atoms with Gasteiger partial charge in [-0.2, -0.15) is 0 Å². The Hall–Kier alpha value is -1.42. The van der Waals surface area contributed by atoms with E-state index in [0.29, 0.717) is 12.7 Å². The molecule has 1 rings (SSSR count). The SMILES string of the molecule is CC(C)OC(CC=CCC=CCCCC(C)OCc1ccccc1)OC(C)C. The van der Waals surface area contributed by atoms with Crippen molar-refractivity contribution in [1.29, 1.82) is 0 Å². The Morgan fingerprint density at radius 2 is 1.46 bits per heavy atom. The van der Waals surface area contributed by atoms with Crippen LogP contribution in [0.1, 0.15) is 72.3 Å². The van der Waals surface area contributed by atoms with E-state index in [1.807, 2.05) is 33.8 Å². The Kier molecular flexibility index (Phi) is 13.6. The monoisotopic (exact) mass is 388 g/mol. The molecule has 3 nitrogen and oxygen atoms in total. The highest BCUT2D eigenvalue weighted by atomic mass is 16.7. The molecule has 0 bridgehead atoms.